The molecule has 1 aromatic heterocycles. The first-order chi connectivity index (χ1) is 7.63. The van der Waals surface area contributed by atoms with E-state index in [-0.39, 0.29) is 5.75 Å². The zero-order chi connectivity index (χ0) is 12.0. The number of hydrogen-bond acceptors (Lipinski definition) is 4. The molecule has 1 heterocycles. The second-order valence-electron chi connectivity index (χ2n) is 3.93. The Balaban J connectivity index is 2.34. The van der Waals surface area contributed by atoms with E-state index >= 15 is 0 Å². The van der Waals surface area contributed by atoms with Crippen molar-refractivity contribution >= 4 is 11.8 Å². The molecule has 3 nitrogen and oxygen atoms in total. The number of aromatic hydroxyl groups is 1. The summed E-state index contributed by atoms with van der Waals surface area (Å²) in [6.07, 6.45) is 3.26. The van der Waals surface area contributed by atoms with Crippen molar-refractivity contribution in [3.8, 4) is 5.75 Å². The average molecular weight is 240 g/mol. The lowest BCUT2D eigenvalue weighted by molar-refractivity contribution is 0.458. The molecule has 4 heteroatoms. The topological polar surface area (TPSA) is 45.2 Å². The molecule has 0 bridgehead atoms. The molecule has 16 heavy (non-hydrogen) atoms. The van der Waals surface area contributed by atoms with Crippen LogP contribution < -0.4 is 5.32 Å². The molecule has 0 aliphatic rings. The van der Waals surface area contributed by atoms with Gasteiger partial charge < -0.3 is 10.4 Å². The number of nitrogens with one attached hydrogen (secondary N) is 1. The maximum Gasteiger partial charge on any atom is 0.138 e. The Labute approximate surface area is 102 Å². The number of thioether (sulfide) groups is 1. The molecule has 0 amide bonds. The van der Waals surface area contributed by atoms with Crippen molar-refractivity contribution < 1.29 is 5.11 Å². The molecule has 0 aliphatic carbocycles. The van der Waals surface area contributed by atoms with Gasteiger partial charge in [-0.3, -0.25) is 4.98 Å². The highest BCUT2D eigenvalue weighted by atomic mass is 32.2. The number of pyridine rings is 1. The average Bonchev–Trinajstić information content (AvgIpc) is 2.28. The fourth-order valence-electron chi connectivity index (χ4n) is 1.36. The van der Waals surface area contributed by atoms with Crippen molar-refractivity contribution in [3.05, 3.63) is 23.5 Å². The molecule has 0 spiro atoms. The minimum atomic E-state index is 0.274. The van der Waals surface area contributed by atoms with E-state index in [9.17, 15) is 5.11 Å². The highest BCUT2D eigenvalue weighted by Gasteiger charge is 2.03. The zero-order valence-electron chi connectivity index (χ0n) is 10.2. The third kappa shape index (κ3) is 4.41. The minimum absolute atomic E-state index is 0.274. The van der Waals surface area contributed by atoms with E-state index in [0.29, 0.717) is 11.8 Å². The van der Waals surface area contributed by atoms with E-state index in [0.717, 1.165) is 24.4 Å². The summed E-state index contributed by atoms with van der Waals surface area (Å²) in [4.78, 5) is 4.29. The second kappa shape index (κ2) is 6.76. The van der Waals surface area contributed by atoms with Gasteiger partial charge in [0, 0.05) is 17.5 Å². The first kappa shape index (κ1) is 13.3. The van der Waals surface area contributed by atoms with Crippen LogP contribution in [0.1, 0.15) is 24.7 Å². The second-order valence-corrected chi connectivity index (χ2v) is 5.21. The molecule has 1 atom stereocenters. The summed E-state index contributed by atoms with van der Waals surface area (Å²) in [7, 11) is 0. The summed E-state index contributed by atoms with van der Waals surface area (Å²) in [5.74, 6) is 0.274. The number of aryl methyl sites for hydroxylation is 1. The van der Waals surface area contributed by atoms with Gasteiger partial charge in [-0.1, -0.05) is 6.92 Å². The van der Waals surface area contributed by atoms with Gasteiger partial charge in [-0.15, -0.1) is 0 Å². The molecule has 1 rings (SSSR count). The smallest absolute Gasteiger partial charge is 0.138 e. The van der Waals surface area contributed by atoms with Crippen molar-refractivity contribution in [2.24, 2.45) is 0 Å². The molecule has 0 aromatic carbocycles. The standard InChI is InChI=1S/C12H20N2OS/c1-9-4-5-12(15)11(14-9)8-13-7-6-10(2)16-3/h4-5,10,13,15H,6-8H2,1-3H3. The van der Waals surface area contributed by atoms with E-state index in [1.165, 1.54) is 0 Å². The van der Waals surface area contributed by atoms with Crippen molar-refractivity contribution in [1.29, 1.82) is 0 Å². The third-order valence-electron chi connectivity index (χ3n) is 2.51. The lowest BCUT2D eigenvalue weighted by atomic mass is 10.2. The summed E-state index contributed by atoms with van der Waals surface area (Å²) in [5.41, 5.74) is 1.67. The van der Waals surface area contributed by atoms with E-state index < -0.39 is 0 Å². The molecule has 0 aliphatic heterocycles. The normalized spacial score (nSPS) is 12.7. The summed E-state index contributed by atoms with van der Waals surface area (Å²) >= 11 is 1.87. The molecular weight excluding hydrogens is 220 g/mol. The number of hydrogen-bond donors (Lipinski definition) is 2. The Kier molecular flexibility index (Phi) is 5.63. The summed E-state index contributed by atoms with van der Waals surface area (Å²) in [6, 6.07) is 3.51. The number of aromatic nitrogens is 1. The maximum atomic E-state index is 9.58. The largest absolute Gasteiger partial charge is 0.506 e. The SMILES string of the molecule is CSC(C)CCNCc1nc(C)ccc1O. The van der Waals surface area contributed by atoms with Crippen LogP contribution in [0.2, 0.25) is 0 Å². The quantitative estimate of drug-likeness (QED) is 0.749. The van der Waals surface area contributed by atoms with Gasteiger partial charge in [0.1, 0.15) is 5.75 Å². The van der Waals surface area contributed by atoms with Gasteiger partial charge in [0.05, 0.1) is 5.69 Å². The van der Waals surface area contributed by atoms with Gasteiger partial charge in [0.2, 0.25) is 0 Å². The number of rotatable bonds is 6. The van der Waals surface area contributed by atoms with Gasteiger partial charge in [0.15, 0.2) is 0 Å². The summed E-state index contributed by atoms with van der Waals surface area (Å²) in [5, 5.41) is 13.6. The lowest BCUT2D eigenvalue weighted by Crippen LogP contribution is -2.18. The third-order valence-corrected chi connectivity index (χ3v) is 3.55. The zero-order valence-corrected chi connectivity index (χ0v) is 11.0. The fraction of sp³-hybridized carbons (Fsp3) is 0.583. The molecule has 0 fully saturated rings. The Bertz CT molecular complexity index is 331. The van der Waals surface area contributed by atoms with Crippen LogP contribution in [-0.4, -0.2) is 28.1 Å². The Morgan fingerprint density at radius 1 is 1.50 bits per heavy atom. The molecule has 0 radical (unpaired) electrons. The van der Waals surface area contributed by atoms with Crippen molar-refractivity contribution in [2.45, 2.75) is 32.1 Å². The predicted molar refractivity (Wildman–Crippen MR) is 69.9 cm³/mol. The molecule has 90 valence electrons. The minimum Gasteiger partial charge on any atom is -0.506 e. The van der Waals surface area contributed by atoms with Crippen molar-refractivity contribution in [3.63, 3.8) is 0 Å². The first-order valence-corrected chi connectivity index (χ1v) is 6.81. The monoisotopic (exact) mass is 240 g/mol. The van der Waals surface area contributed by atoms with Gasteiger partial charge >= 0.3 is 0 Å². The Hall–Kier alpha value is -0.740. The first-order valence-electron chi connectivity index (χ1n) is 5.52. The Morgan fingerprint density at radius 3 is 2.94 bits per heavy atom. The van der Waals surface area contributed by atoms with Crippen LogP contribution >= 0.6 is 11.8 Å². The maximum absolute atomic E-state index is 9.58. The molecule has 0 saturated carbocycles. The van der Waals surface area contributed by atoms with Crippen LogP contribution in [0.15, 0.2) is 12.1 Å². The number of nitrogens with zero attached hydrogens (tertiary/aromatic N) is 1. The van der Waals surface area contributed by atoms with Crippen LogP contribution in [-0.2, 0) is 6.54 Å². The van der Waals surface area contributed by atoms with Crippen LogP contribution in [0.3, 0.4) is 0 Å². The molecule has 2 N–H and O–H groups in total. The molecule has 0 saturated heterocycles. The van der Waals surface area contributed by atoms with E-state index in [4.69, 9.17) is 0 Å². The van der Waals surface area contributed by atoms with Crippen molar-refractivity contribution in [1.82, 2.24) is 10.3 Å². The van der Waals surface area contributed by atoms with Gasteiger partial charge in [-0.2, -0.15) is 11.8 Å². The van der Waals surface area contributed by atoms with E-state index in [1.807, 2.05) is 24.8 Å². The predicted octanol–water partition coefficient (Wildman–Crippen LogP) is 2.33. The summed E-state index contributed by atoms with van der Waals surface area (Å²) in [6.45, 7) is 5.74. The summed E-state index contributed by atoms with van der Waals surface area (Å²) < 4.78 is 0. The van der Waals surface area contributed by atoms with Gasteiger partial charge in [-0.25, -0.2) is 0 Å². The fourth-order valence-corrected chi connectivity index (χ4v) is 1.72. The van der Waals surface area contributed by atoms with Crippen molar-refractivity contribution in [2.75, 3.05) is 12.8 Å². The van der Waals surface area contributed by atoms with Crippen LogP contribution in [0.25, 0.3) is 0 Å². The van der Waals surface area contributed by atoms with Crippen LogP contribution in [0.4, 0.5) is 0 Å². The highest BCUT2D eigenvalue weighted by Crippen LogP contribution is 2.14. The van der Waals surface area contributed by atoms with E-state index in [2.05, 4.69) is 23.5 Å². The Morgan fingerprint density at radius 2 is 2.25 bits per heavy atom. The molecule has 1 aromatic rings. The molecule has 1 unspecified atom stereocenters. The highest BCUT2D eigenvalue weighted by molar-refractivity contribution is 7.99. The lowest BCUT2D eigenvalue weighted by Gasteiger charge is -2.09. The van der Waals surface area contributed by atoms with Gasteiger partial charge in [-0.05, 0) is 38.3 Å². The van der Waals surface area contributed by atoms with E-state index in [1.54, 1.807) is 6.07 Å². The van der Waals surface area contributed by atoms with Crippen LogP contribution in [0.5, 0.6) is 5.75 Å². The van der Waals surface area contributed by atoms with Gasteiger partial charge in [0.25, 0.3) is 0 Å². The van der Waals surface area contributed by atoms with Crippen LogP contribution in [0, 0.1) is 6.92 Å². The molecular formula is C12H20N2OS.